The summed E-state index contributed by atoms with van der Waals surface area (Å²) in [5.41, 5.74) is 2.06. The first kappa shape index (κ1) is 18.0. The number of amides is 3. The van der Waals surface area contributed by atoms with E-state index in [1.165, 1.54) is 4.90 Å². The molecule has 0 bridgehead atoms. The SMILES string of the molecule is CC(C)CC(C(=O)N1CCc2ccccc21)N1C(=O)C2CC=CCC2C1=O. The molecule has 0 aromatic heterocycles. The minimum atomic E-state index is -0.707. The van der Waals surface area contributed by atoms with Crippen molar-refractivity contribution in [2.45, 2.75) is 45.6 Å². The second kappa shape index (κ2) is 6.95. The predicted octanol–water partition coefficient (Wildman–Crippen LogP) is 2.94. The molecule has 5 heteroatoms. The number of anilines is 1. The van der Waals surface area contributed by atoms with Gasteiger partial charge in [0.05, 0.1) is 11.8 Å². The van der Waals surface area contributed by atoms with E-state index in [9.17, 15) is 14.4 Å². The third-order valence-corrected chi connectivity index (χ3v) is 5.99. The van der Waals surface area contributed by atoms with Gasteiger partial charge in [0.15, 0.2) is 0 Å². The Morgan fingerprint density at radius 1 is 1.07 bits per heavy atom. The Hall–Kier alpha value is -2.43. The second-order valence-electron chi connectivity index (χ2n) is 8.22. The van der Waals surface area contributed by atoms with Crippen molar-refractivity contribution in [1.82, 2.24) is 4.90 Å². The highest BCUT2D eigenvalue weighted by Crippen LogP contribution is 2.38. The number of carbonyl (C=O) groups is 3. The summed E-state index contributed by atoms with van der Waals surface area (Å²) in [7, 11) is 0. The van der Waals surface area contributed by atoms with Crippen molar-refractivity contribution < 1.29 is 14.4 Å². The second-order valence-corrected chi connectivity index (χ2v) is 8.22. The van der Waals surface area contributed by atoms with Crippen molar-refractivity contribution in [2.24, 2.45) is 17.8 Å². The first-order valence-corrected chi connectivity index (χ1v) is 9.90. The molecule has 0 saturated carbocycles. The lowest BCUT2D eigenvalue weighted by molar-refractivity contribution is -0.147. The summed E-state index contributed by atoms with van der Waals surface area (Å²) in [6, 6.07) is 7.18. The van der Waals surface area contributed by atoms with E-state index in [4.69, 9.17) is 0 Å². The average molecular weight is 366 g/mol. The molecule has 3 atom stereocenters. The topological polar surface area (TPSA) is 57.7 Å². The van der Waals surface area contributed by atoms with Crippen LogP contribution in [0.15, 0.2) is 36.4 Å². The molecule has 142 valence electrons. The first-order chi connectivity index (χ1) is 13.0. The van der Waals surface area contributed by atoms with Crippen LogP contribution in [0.4, 0.5) is 5.69 Å². The van der Waals surface area contributed by atoms with Gasteiger partial charge in [-0.2, -0.15) is 0 Å². The Labute approximate surface area is 160 Å². The third kappa shape index (κ3) is 2.99. The van der Waals surface area contributed by atoms with E-state index < -0.39 is 6.04 Å². The largest absolute Gasteiger partial charge is 0.310 e. The fourth-order valence-electron chi connectivity index (χ4n) is 4.64. The highest BCUT2D eigenvalue weighted by atomic mass is 16.2. The summed E-state index contributed by atoms with van der Waals surface area (Å²) in [6.07, 6.45) is 6.47. The Balaban J connectivity index is 1.65. The zero-order chi connectivity index (χ0) is 19.1. The molecule has 3 unspecified atom stereocenters. The van der Waals surface area contributed by atoms with Gasteiger partial charge in [0, 0.05) is 12.2 Å². The Bertz CT molecular complexity index is 788. The summed E-state index contributed by atoms with van der Waals surface area (Å²) < 4.78 is 0. The molecule has 0 N–H and O–H groups in total. The molecule has 1 aromatic carbocycles. The quantitative estimate of drug-likeness (QED) is 0.608. The van der Waals surface area contributed by atoms with Crippen molar-refractivity contribution in [2.75, 3.05) is 11.4 Å². The van der Waals surface area contributed by atoms with Gasteiger partial charge in [-0.3, -0.25) is 19.3 Å². The van der Waals surface area contributed by atoms with E-state index in [1.54, 1.807) is 4.90 Å². The molecule has 1 aromatic rings. The minimum absolute atomic E-state index is 0.123. The number of imide groups is 1. The lowest BCUT2D eigenvalue weighted by Crippen LogP contribution is -2.51. The fourth-order valence-corrected chi connectivity index (χ4v) is 4.64. The number of allylic oxidation sites excluding steroid dienone is 2. The smallest absolute Gasteiger partial charge is 0.250 e. The Kier molecular flexibility index (Phi) is 4.62. The van der Waals surface area contributed by atoms with Crippen LogP contribution in [0.3, 0.4) is 0 Å². The highest BCUT2D eigenvalue weighted by Gasteiger charge is 2.52. The molecule has 27 heavy (non-hydrogen) atoms. The predicted molar refractivity (Wildman–Crippen MR) is 103 cm³/mol. The van der Waals surface area contributed by atoms with Gasteiger partial charge < -0.3 is 4.90 Å². The molecular weight excluding hydrogens is 340 g/mol. The Morgan fingerprint density at radius 2 is 1.70 bits per heavy atom. The monoisotopic (exact) mass is 366 g/mol. The van der Waals surface area contributed by atoms with E-state index in [0.29, 0.717) is 25.8 Å². The summed E-state index contributed by atoms with van der Waals surface area (Å²) in [5.74, 6) is -0.839. The van der Waals surface area contributed by atoms with E-state index >= 15 is 0 Å². The number of likely N-dealkylation sites (tertiary alicyclic amines) is 1. The molecule has 3 amide bonds. The molecule has 2 heterocycles. The lowest BCUT2D eigenvalue weighted by Gasteiger charge is -2.31. The zero-order valence-electron chi connectivity index (χ0n) is 15.9. The van der Waals surface area contributed by atoms with Crippen molar-refractivity contribution in [3.63, 3.8) is 0 Å². The van der Waals surface area contributed by atoms with E-state index in [2.05, 4.69) is 0 Å². The van der Waals surface area contributed by atoms with Crippen molar-refractivity contribution >= 4 is 23.4 Å². The van der Waals surface area contributed by atoms with Gasteiger partial charge in [-0.05, 0) is 43.2 Å². The molecule has 0 spiro atoms. The maximum Gasteiger partial charge on any atom is 0.250 e. The number of nitrogens with zero attached hydrogens (tertiary/aromatic N) is 2. The molecule has 1 aliphatic carbocycles. The van der Waals surface area contributed by atoms with Crippen LogP contribution in [0, 0.1) is 17.8 Å². The van der Waals surface area contributed by atoms with Crippen LogP contribution >= 0.6 is 0 Å². The summed E-state index contributed by atoms with van der Waals surface area (Å²) >= 11 is 0. The maximum absolute atomic E-state index is 13.5. The molecular formula is C22H26N2O3. The Morgan fingerprint density at radius 3 is 2.33 bits per heavy atom. The van der Waals surface area contributed by atoms with E-state index in [0.717, 1.165) is 17.7 Å². The van der Waals surface area contributed by atoms with E-state index in [1.807, 2.05) is 50.3 Å². The fraction of sp³-hybridized carbons (Fsp3) is 0.500. The summed E-state index contributed by atoms with van der Waals surface area (Å²) in [6.45, 7) is 4.66. The number of hydrogen-bond acceptors (Lipinski definition) is 3. The molecule has 1 fully saturated rings. The third-order valence-electron chi connectivity index (χ3n) is 5.99. The van der Waals surface area contributed by atoms with Crippen LogP contribution in [0.1, 0.15) is 38.7 Å². The van der Waals surface area contributed by atoms with Gasteiger partial charge >= 0.3 is 0 Å². The summed E-state index contributed by atoms with van der Waals surface area (Å²) in [4.78, 5) is 42.6. The van der Waals surface area contributed by atoms with Crippen LogP contribution < -0.4 is 4.90 Å². The number of benzene rings is 1. The molecule has 3 aliphatic rings. The maximum atomic E-state index is 13.5. The molecule has 1 saturated heterocycles. The van der Waals surface area contributed by atoms with Crippen molar-refractivity contribution in [1.29, 1.82) is 0 Å². The van der Waals surface area contributed by atoms with Crippen LogP contribution in [-0.2, 0) is 20.8 Å². The van der Waals surface area contributed by atoms with Gasteiger partial charge in [-0.25, -0.2) is 0 Å². The number of hydrogen-bond donors (Lipinski definition) is 0. The van der Waals surface area contributed by atoms with Crippen LogP contribution in [0.2, 0.25) is 0 Å². The number of para-hydroxylation sites is 1. The van der Waals surface area contributed by atoms with Gasteiger partial charge in [0.2, 0.25) is 17.7 Å². The number of carbonyl (C=O) groups excluding carboxylic acids is 3. The minimum Gasteiger partial charge on any atom is -0.310 e. The normalized spacial score (nSPS) is 25.1. The molecule has 4 rings (SSSR count). The number of rotatable bonds is 4. The molecule has 5 nitrogen and oxygen atoms in total. The van der Waals surface area contributed by atoms with Crippen molar-refractivity contribution in [3.05, 3.63) is 42.0 Å². The first-order valence-electron chi connectivity index (χ1n) is 9.90. The molecule has 0 radical (unpaired) electrons. The van der Waals surface area contributed by atoms with Crippen molar-refractivity contribution in [3.8, 4) is 0 Å². The zero-order valence-corrected chi connectivity index (χ0v) is 15.9. The highest BCUT2D eigenvalue weighted by molar-refractivity contribution is 6.11. The van der Waals surface area contributed by atoms with Gasteiger partial charge in [-0.1, -0.05) is 44.2 Å². The lowest BCUT2D eigenvalue weighted by atomic mass is 9.85. The van der Waals surface area contributed by atoms with Gasteiger partial charge in [0.1, 0.15) is 6.04 Å². The average Bonchev–Trinajstić information content (AvgIpc) is 3.20. The summed E-state index contributed by atoms with van der Waals surface area (Å²) in [5, 5.41) is 0. The van der Waals surface area contributed by atoms with E-state index in [-0.39, 0.29) is 35.5 Å². The van der Waals surface area contributed by atoms with Crippen LogP contribution in [0.5, 0.6) is 0 Å². The molecule has 2 aliphatic heterocycles. The van der Waals surface area contributed by atoms with Crippen LogP contribution in [0.25, 0.3) is 0 Å². The number of fused-ring (bicyclic) bond motifs is 2. The van der Waals surface area contributed by atoms with Gasteiger partial charge in [-0.15, -0.1) is 0 Å². The van der Waals surface area contributed by atoms with Gasteiger partial charge in [0.25, 0.3) is 0 Å². The standard InChI is InChI=1S/C22H26N2O3/c1-14(2)13-19(22(27)23-12-11-15-7-3-6-10-18(15)23)24-20(25)16-8-4-5-9-17(16)21(24)26/h3-7,10,14,16-17,19H,8-9,11-13H2,1-2H3. The van der Waals surface area contributed by atoms with Crippen LogP contribution in [-0.4, -0.2) is 35.2 Å².